The molecule has 0 saturated carbocycles. The van der Waals surface area contributed by atoms with Crippen LogP contribution in [0, 0.1) is 5.92 Å². The third-order valence-electron chi connectivity index (χ3n) is 3.25. The normalized spacial score (nSPS) is 13.2. The summed E-state index contributed by atoms with van der Waals surface area (Å²) in [6.07, 6.45) is 0.601. The standard InChI is InChI=1S/C15H19NO4/c1-3-7-13(14(17)18)11(2)16(15(19)20)10-12-8-5-4-6-9-12/h3-6,8-9,11,13H,1,7,10H2,2H3,(H,17,18)(H,19,20)/t11-,13-/m0/s1. The fraction of sp³-hybridized carbons (Fsp3) is 0.333. The van der Waals surface area contributed by atoms with Crippen LogP contribution in [0.2, 0.25) is 0 Å². The Hall–Kier alpha value is -2.30. The molecule has 1 aromatic rings. The monoisotopic (exact) mass is 277 g/mol. The third kappa shape index (κ3) is 4.12. The van der Waals surface area contributed by atoms with Crippen LogP contribution in [0.3, 0.4) is 0 Å². The maximum atomic E-state index is 11.4. The first-order valence-corrected chi connectivity index (χ1v) is 6.34. The van der Waals surface area contributed by atoms with Crippen molar-refractivity contribution in [3.8, 4) is 0 Å². The average molecular weight is 277 g/mol. The van der Waals surface area contributed by atoms with Crippen LogP contribution >= 0.6 is 0 Å². The lowest BCUT2D eigenvalue weighted by Gasteiger charge is -2.30. The summed E-state index contributed by atoms with van der Waals surface area (Å²) in [7, 11) is 0. The number of hydrogen-bond acceptors (Lipinski definition) is 2. The molecule has 5 nitrogen and oxygen atoms in total. The first-order valence-electron chi connectivity index (χ1n) is 6.34. The SMILES string of the molecule is C=CC[C@H](C(=O)O)[C@H](C)N(Cc1ccccc1)C(=O)O. The number of rotatable bonds is 7. The lowest BCUT2D eigenvalue weighted by molar-refractivity contribution is -0.143. The predicted molar refractivity (Wildman–Crippen MR) is 75.4 cm³/mol. The van der Waals surface area contributed by atoms with E-state index in [1.807, 2.05) is 30.3 Å². The molecular weight excluding hydrogens is 258 g/mol. The largest absolute Gasteiger partial charge is 0.481 e. The molecule has 0 saturated heterocycles. The Kier molecular flexibility index (Phi) is 5.77. The van der Waals surface area contributed by atoms with Gasteiger partial charge in [0.25, 0.3) is 0 Å². The molecule has 0 aromatic heterocycles. The van der Waals surface area contributed by atoms with Crippen molar-refractivity contribution in [3.05, 3.63) is 48.6 Å². The van der Waals surface area contributed by atoms with E-state index in [0.29, 0.717) is 0 Å². The lowest BCUT2D eigenvalue weighted by Crippen LogP contribution is -2.44. The maximum absolute atomic E-state index is 11.4. The van der Waals surface area contributed by atoms with Crippen LogP contribution in [-0.4, -0.2) is 33.2 Å². The Morgan fingerprint density at radius 3 is 2.35 bits per heavy atom. The Balaban J connectivity index is 2.92. The molecule has 0 aliphatic heterocycles. The number of aliphatic carboxylic acids is 1. The summed E-state index contributed by atoms with van der Waals surface area (Å²) in [5, 5.41) is 18.5. The topological polar surface area (TPSA) is 77.8 Å². The van der Waals surface area contributed by atoms with E-state index in [-0.39, 0.29) is 13.0 Å². The summed E-state index contributed by atoms with van der Waals surface area (Å²) in [4.78, 5) is 23.8. The number of nitrogens with zero attached hydrogens (tertiary/aromatic N) is 1. The van der Waals surface area contributed by atoms with Gasteiger partial charge in [0.1, 0.15) is 0 Å². The van der Waals surface area contributed by atoms with Gasteiger partial charge >= 0.3 is 12.1 Å². The van der Waals surface area contributed by atoms with Crippen molar-refractivity contribution in [2.45, 2.75) is 25.9 Å². The molecule has 0 unspecified atom stereocenters. The molecule has 0 bridgehead atoms. The molecule has 2 atom stereocenters. The van der Waals surface area contributed by atoms with Gasteiger partial charge in [-0.2, -0.15) is 0 Å². The number of benzene rings is 1. The molecule has 1 aromatic carbocycles. The molecule has 0 aliphatic carbocycles. The van der Waals surface area contributed by atoms with Gasteiger partial charge in [-0.05, 0) is 18.9 Å². The summed E-state index contributed by atoms with van der Waals surface area (Å²) < 4.78 is 0. The van der Waals surface area contributed by atoms with Crippen molar-refractivity contribution in [2.75, 3.05) is 0 Å². The summed E-state index contributed by atoms with van der Waals surface area (Å²) in [6.45, 7) is 5.30. The second kappa shape index (κ2) is 7.33. The van der Waals surface area contributed by atoms with E-state index in [0.717, 1.165) is 10.5 Å². The number of carboxylic acids is 1. The van der Waals surface area contributed by atoms with E-state index in [4.69, 9.17) is 0 Å². The zero-order valence-corrected chi connectivity index (χ0v) is 11.4. The molecule has 1 amide bonds. The molecule has 0 spiro atoms. The van der Waals surface area contributed by atoms with Crippen LogP contribution in [-0.2, 0) is 11.3 Å². The van der Waals surface area contributed by atoms with E-state index in [2.05, 4.69) is 6.58 Å². The fourth-order valence-corrected chi connectivity index (χ4v) is 2.07. The van der Waals surface area contributed by atoms with Gasteiger partial charge in [0.05, 0.1) is 5.92 Å². The molecule has 0 radical (unpaired) electrons. The minimum Gasteiger partial charge on any atom is -0.481 e. The van der Waals surface area contributed by atoms with Crippen molar-refractivity contribution >= 4 is 12.1 Å². The summed E-state index contributed by atoms with van der Waals surface area (Å²) >= 11 is 0. The maximum Gasteiger partial charge on any atom is 0.407 e. The second-order valence-electron chi connectivity index (χ2n) is 4.61. The number of carbonyl (C=O) groups is 2. The molecule has 5 heteroatoms. The van der Waals surface area contributed by atoms with Gasteiger partial charge in [-0.25, -0.2) is 4.79 Å². The predicted octanol–water partition coefficient (Wildman–Crippen LogP) is 2.83. The van der Waals surface area contributed by atoms with E-state index in [1.54, 1.807) is 6.92 Å². The highest BCUT2D eigenvalue weighted by Crippen LogP contribution is 2.19. The van der Waals surface area contributed by atoms with E-state index >= 15 is 0 Å². The quantitative estimate of drug-likeness (QED) is 0.751. The lowest BCUT2D eigenvalue weighted by atomic mass is 9.96. The first kappa shape index (κ1) is 15.8. The highest BCUT2D eigenvalue weighted by molar-refractivity contribution is 5.73. The third-order valence-corrected chi connectivity index (χ3v) is 3.25. The van der Waals surface area contributed by atoms with Crippen molar-refractivity contribution in [3.63, 3.8) is 0 Å². The molecule has 20 heavy (non-hydrogen) atoms. The molecule has 0 fully saturated rings. The van der Waals surface area contributed by atoms with Crippen LogP contribution in [0.4, 0.5) is 4.79 Å². The number of amides is 1. The number of allylic oxidation sites excluding steroid dienone is 1. The van der Waals surface area contributed by atoms with Gasteiger partial charge in [-0.1, -0.05) is 36.4 Å². The number of hydrogen-bond donors (Lipinski definition) is 2. The highest BCUT2D eigenvalue weighted by atomic mass is 16.4. The van der Waals surface area contributed by atoms with E-state index in [1.165, 1.54) is 6.08 Å². The Morgan fingerprint density at radius 2 is 1.90 bits per heavy atom. The Bertz CT molecular complexity index is 472. The van der Waals surface area contributed by atoms with Gasteiger partial charge in [0.15, 0.2) is 0 Å². The van der Waals surface area contributed by atoms with Crippen LogP contribution in [0.15, 0.2) is 43.0 Å². The molecular formula is C15H19NO4. The fourth-order valence-electron chi connectivity index (χ4n) is 2.07. The van der Waals surface area contributed by atoms with Gasteiger partial charge in [-0.3, -0.25) is 4.79 Å². The van der Waals surface area contributed by atoms with E-state index < -0.39 is 24.0 Å². The number of carboxylic acid groups (broad SMARTS) is 2. The van der Waals surface area contributed by atoms with Crippen molar-refractivity contribution in [1.29, 1.82) is 0 Å². The van der Waals surface area contributed by atoms with E-state index in [9.17, 15) is 19.8 Å². The van der Waals surface area contributed by atoms with Gasteiger partial charge in [0, 0.05) is 12.6 Å². The summed E-state index contributed by atoms with van der Waals surface area (Å²) in [6, 6.07) is 8.47. The Morgan fingerprint density at radius 1 is 1.30 bits per heavy atom. The highest BCUT2D eigenvalue weighted by Gasteiger charge is 2.31. The molecule has 0 aliphatic rings. The zero-order chi connectivity index (χ0) is 15.1. The molecule has 108 valence electrons. The van der Waals surface area contributed by atoms with Gasteiger partial charge < -0.3 is 15.1 Å². The van der Waals surface area contributed by atoms with Crippen LogP contribution in [0.1, 0.15) is 18.9 Å². The van der Waals surface area contributed by atoms with Gasteiger partial charge in [0.2, 0.25) is 0 Å². The van der Waals surface area contributed by atoms with Crippen LogP contribution < -0.4 is 0 Å². The first-order chi connectivity index (χ1) is 9.47. The van der Waals surface area contributed by atoms with Crippen LogP contribution in [0.25, 0.3) is 0 Å². The van der Waals surface area contributed by atoms with Crippen molar-refractivity contribution in [1.82, 2.24) is 4.90 Å². The molecule has 1 rings (SSSR count). The zero-order valence-electron chi connectivity index (χ0n) is 11.4. The summed E-state index contributed by atoms with van der Waals surface area (Å²) in [5.41, 5.74) is 0.824. The summed E-state index contributed by atoms with van der Waals surface area (Å²) in [5.74, 6) is -1.82. The minimum absolute atomic E-state index is 0.165. The van der Waals surface area contributed by atoms with Crippen molar-refractivity contribution in [2.24, 2.45) is 5.92 Å². The van der Waals surface area contributed by atoms with Gasteiger partial charge in [-0.15, -0.1) is 6.58 Å². The van der Waals surface area contributed by atoms with Crippen molar-refractivity contribution < 1.29 is 19.8 Å². The Labute approximate surface area is 118 Å². The molecule has 2 N–H and O–H groups in total. The average Bonchev–Trinajstić information content (AvgIpc) is 2.42. The van der Waals surface area contributed by atoms with Crippen LogP contribution in [0.5, 0.6) is 0 Å². The smallest absolute Gasteiger partial charge is 0.407 e. The minimum atomic E-state index is -1.13. The molecule has 0 heterocycles. The second-order valence-corrected chi connectivity index (χ2v) is 4.61.